The number of nitrogens with zero attached hydrogens (tertiary/aromatic N) is 3. The maximum atomic E-state index is 13.6. The summed E-state index contributed by atoms with van der Waals surface area (Å²) in [5.41, 5.74) is 5.44. The van der Waals surface area contributed by atoms with E-state index in [0.717, 1.165) is 66.1 Å². The van der Waals surface area contributed by atoms with E-state index < -0.39 is 11.4 Å². The van der Waals surface area contributed by atoms with Crippen LogP contribution in [0.25, 0.3) is 11.3 Å². The number of ether oxygens (including phenoxy) is 2. The minimum atomic E-state index is -1.52. The van der Waals surface area contributed by atoms with Crippen LogP contribution in [0.1, 0.15) is 97.3 Å². The van der Waals surface area contributed by atoms with E-state index in [1.807, 2.05) is 18.2 Å². The molecule has 1 fully saturated rings. The van der Waals surface area contributed by atoms with Crippen molar-refractivity contribution >= 4 is 17.3 Å². The summed E-state index contributed by atoms with van der Waals surface area (Å²) in [5.74, 6) is 2.14. The van der Waals surface area contributed by atoms with E-state index in [0.29, 0.717) is 42.2 Å². The Morgan fingerprint density at radius 3 is 2.37 bits per heavy atom. The van der Waals surface area contributed by atoms with Crippen molar-refractivity contribution in [1.82, 2.24) is 14.9 Å². The molecule has 8 heteroatoms. The third-order valence-electron chi connectivity index (χ3n) is 10.5. The molecule has 268 valence electrons. The average Bonchev–Trinajstić information content (AvgIpc) is 3.02. The van der Waals surface area contributed by atoms with Crippen molar-refractivity contribution in [2.45, 2.75) is 124 Å². The summed E-state index contributed by atoms with van der Waals surface area (Å²) in [6, 6.07) is 17.0. The summed E-state index contributed by atoms with van der Waals surface area (Å²) in [6.45, 7) is 23.1. The first-order valence-electron chi connectivity index (χ1n) is 18.5. The molecule has 2 aliphatic heterocycles. The van der Waals surface area contributed by atoms with Gasteiger partial charge in [0, 0.05) is 30.8 Å². The lowest BCUT2D eigenvalue weighted by atomic mass is 9.71. The molecule has 3 heterocycles. The Labute approximate surface area is 299 Å². The highest BCUT2D eigenvalue weighted by atomic mass is 32.2. The van der Waals surface area contributed by atoms with E-state index >= 15 is 0 Å². The zero-order chi connectivity index (χ0) is 35.3. The Morgan fingerprint density at radius 2 is 1.69 bits per heavy atom. The van der Waals surface area contributed by atoms with E-state index in [1.54, 1.807) is 0 Å². The first-order valence-corrected chi connectivity index (χ1v) is 19.7. The number of morpholine rings is 1. The Kier molecular flexibility index (Phi) is 12.7. The third kappa shape index (κ3) is 10.2. The summed E-state index contributed by atoms with van der Waals surface area (Å²) in [7, 11) is 0. The van der Waals surface area contributed by atoms with Crippen LogP contribution in [-0.2, 0) is 22.5 Å². The molecular formula is C41H60N4O3S. The normalized spacial score (nSPS) is 25.1. The molecule has 1 aromatic heterocycles. The van der Waals surface area contributed by atoms with Crippen molar-refractivity contribution < 1.29 is 14.0 Å². The molecule has 3 unspecified atom stereocenters. The van der Waals surface area contributed by atoms with Crippen molar-refractivity contribution in [2.75, 3.05) is 24.4 Å². The van der Waals surface area contributed by atoms with Crippen LogP contribution in [0.2, 0.25) is 0 Å². The molecule has 1 saturated heterocycles. The van der Waals surface area contributed by atoms with Crippen LogP contribution in [0.3, 0.4) is 0 Å². The van der Waals surface area contributed by atoms with E-state index in [-0.39, 0.29) is 17.6 Å². The first-order chi connectivity index (χ1) is 23.3. The number of aryl methyl sites for hydroxylation is 3. The number of fused-ring (bicyclic) bond motifs is 4. The number of anilines is 1. The molecule has 0 amide bonds. The molecule has 7 nitrogen and oxygen atoms in total. The molecule has 0 saturated carbocycles. The van der Waals surface area contributed by atoms with Crippen molar-refractivity contribution in [3.8, 4) is 17.1 Å². The lowest BCUT2D eigenvalue weighted by Crippen LogP contribution is -2.50. The van der Waals surface area contributed by atoms with Gasteiger partial charge in [-0.1, -0.05) is 65.0 Å². The number of hydrogen-bond donors (Lipinski definition) is 1. The molecule has 2 aromatic carbocycles. The summed E-state index contributed by atoms with van der Waals surface area (Å²) < 4.78 is 29.5. The zero-order valence-electron chi connectivity index (χ0n) is 31.4. The van der Waals surface area contributed by atoms with Crippen molar-refractivity contribution in [3.63, 3.8) is 0 Å². The van der Waals surface area contributed by atoms with Gasteiger partial charge in [0.1, 0.15) is 11.4 Å². The predicted octanol–water partition coefficient (Wildman–Crippen LogP) is 9.19. The highest BCUT2D eigenvalue weighted by molar-refractivity contribution is 7.92. The van der Waals surface area contributed by atoms with Gasteiger partial charge in [-0.3, -0.25) is 4.90 Å². The number of rotatable bonds is 8. The first kappa shape index (κ1) is 37.6. The standard InChI is InChI=1S/C41H60N4O3S/c1-10-34(45-24-30(5)48-31(6)25-45)19-17-27(2)36-20-18-32-15-12-16-35(21-32)49(46)44-40-42-37(39-28(3)13-11-14-29(39)4)22-38(43-40)47-26-33(36)23-41(7,8)9/h11-16,21-22,27,30-31,33-34,36H,10,17-20,23-26H2,1-9H3,(H,42,43,44)/t27?,30-,31+,33-,34+,36?,49?/m1/s1. The smallest absolute Gasteiger partial charge is 0.269 e. The highest BCUT2D eigenvalue weighted by Crippen LogP contribution is 2.39. The monoisotopic (exact) mass is 688 g/mol. The number of benzene rings is 2. The van der Waals surface area contributed by atoms with Gasteiger partial charge in [0.15, 0.2) is 4.90 Å². The number of hydrogen-bond acceptors (Lipinski definition) is 7. The van der Waals surface area contributed by atoms with Gasteiger partial charge in [-0.2, -0.15) is 9.71 Å². The number of nitrogens with one attached hydrogen (secondary N) is 1. The molecule has 7 atom stereocenters. The quantitative estimate of drug-likeness (QED) is 0.236. The summed E-state index contributed by atoms with van der Waals surface area (Å²) in [6.07, 6.45) is 7.12. The molecule has 3 aromatic rings. The van der Waals surface area contributed by atoms with Crippen LogP contribution in [0, 0.1) is 37.0 Å². The molecule has 4 bridgehead atoms. The van der Waals surface area contributed by atoms with Crippen molar-refractivity contribution in [2.24, 2.45) is 23.2 Å². The average molecular weight is 689 g/mol. The fourth-order valence-corrected chi connectivity index (χ4v) is 9.15. The van der Waals surface area contributed by atoms with E-state index in [1.165, 1.54) is 18.4 Å². The second-order valence-electron chi connectivity index (χ2n) is 16.1. The lowest BCUT2D eigenvalue weighted by molar-refractivity contribution is -0.0823. The lowest BCUT2D eigenvalue weighted by Gasteiger charge is -2.41. The molecule has 0 radical (unpaired) electrons. The Balaban J connectivity index is 1.48. The fraction of sp³-hybridized carbons (Fsp3) is 0.610. The van der Waals surface area contributed by atoms with E-state index in [2.05, 4.69) is 102 Å². The van der Waals surface area contributed by atoms with Crippen LogP contribution in [0.5, 0.6) is 5.88 Å². The predicted molar refractivity (Wildman–Crippen MR) is 202 cm³/mol. The van der Waals surface area contributed by atoms with Gasteiger partial charge in [0.2, 0.25) is 5.88 Å². The highest BCUT2D eigenvalue weighted by Gasteiger charge is 2.33. The van der Waals surface area contributed by atoms with Crippen molar-refractivity contribution in [1.29, 1.82) is 0 Å². The van der Waals surface area contributed by atoms with Gasteiger partial charge in [-0.25, -0.2) is 4.98 Å². The Morgan fingerprint density at radius 1 is 1.00 bits per heavy atom. The van der Waals surface area contributed by atoms with Gasteiger partial charge in [0.05, 0.1) is 24.5 Å². The third-order valence-corrected chi connectivity index (χ3v) is 11.6. The molecule has 49 heavy (non-hydrogen) atoms. The van der Waals surface area contributed by atoms with Crippen LogP contribution in [-0.4, -0.2) is 57.4 Å². The topological polar surface area (TPSA) is 82.6 Å². The summed E-state index contributed by atoms with van der Waals surface area (Å²) in [4.78, 5) is 13.1. The molecular weight excluding hydrogens is 629 g/mol. The minimum absolute atomic E-state index is 0.141. The summed E-state index contributed by atoms with van der Waals surface area (Å²) in [5, 5.41) is 0. The minimum Gasteiger partial charge on any atom is -0.588 e. The molecule has 5 rings (SSSR count). The zero-order valence-corrected chi connectivity index (χ0v) is 32.2. The van der Waals surface area contributed by atoms with Gasteiger partial charge in [-0.05, 0) is 118 Å². The van der Waals surface area contributed by atoms with Crippen LogP contribution in [0.4, 0.5) is 5.95 Å². The Hall–Kier alpha value is -2.65. The maximum Gasteiger partial charge on any atom is 0.269 e. The summed E-state index contributed by atoms with van der Waals surface area (Å²) >= 11 is -1.52. The second kappa shape index (κ2) is 16.6. The van der Waals surface area contributed by atoms with Gasteiger partial charge in [0.25, 0.3) is 5.95 Å². The molecule has 0 aliphatic carbocycles. The van der Waals surface area contributed by atoms with Gasteiger partial charge < -0.3 is 14.0 Å². The molecule has 2 aliphatic rings. The largest absolute Gasteiger partial charge is 0.588 e. The fourth-order valence-electron chi connectivity index (χ4n) is 8.31. The van der Waals surface area contributed by atoms with Gasteiger partial charge >= 0.3 is 0 Å². The maximum absolute atomic E-state index is 13.6. The van der Waals surface area contributed by atoms with Crippen LogP contribution in [0.15, 0.2) is 53.4 Å². The second-order valence-corrected chi connectivity index (χ2v) is 17.3. The van der Waals surface area contributed by atoms with Crippen LogP contribution >= 0.6 is 0 Å². The van der Waals surface area contributed by atoms with E-state index in [9.17, 15) is 4.55 Å². The molecule has 0 spiro atoms. The van der Waals surface area contributed by atoms with Gasteiger partial charge in [-0.15, -0.1) is 0 Å². The van der Waals surface area contributed by atoms with Crippen molar-refractivity contribution in [3.05, 3.63) is 65.2 Å². The number of aromatic nitrogens is 2. The SMILES string of the molecule is CC[C@@H](CCC(C)C1CCc2cccc(c2)[S+]([O-])Nc2nc(cc(-c3c(C)cccc3C)n2)OC[C@H]1CC(C)(C)C)N1C[C@@H](C)O[C@@H](C)C1. The van der Waals surface area contributed by atoms with E-state index in [4.69, 9.17) is 19.4 Å². The Bertz CT molecular complexity index is 1500. The molecule has 1 N–H and O–H groups in total. The van der Waals surface area contributed by atoms with Crippen LogP contribution < -0.4 is 9.46 Å².